The molecular formula is C16H13FN4O3. The number of aromatic nitrogens is 3. The molecule has 0 aliphatic rings. The van der Waals surface area contributed by atoms with Crippen LogP contribution in [-0.4, -0.2) is 31.9 Å². The van der Waals surface area contributed by atoms with E-state index in [4.69, 9.17) is 5.11 Å². The molecule has 0 spiro atoms. The minimum absolute atomic E-state index is 0.0907. The highest BCUT2D eigenvalue weighted by Gasteiger charge is 2.23. The Bertz CT molecular complexity index is 909. The van der Waals surface area contributed by atoms with Crippen molar-refractivity contribution in [1.82, 2.24) is 20.3 Å². The molecule has 2 aromatic heterocycles. The fraction of sp³-hybridized carbons (Fsp3) is 0.125. The van der Waals surface area contributed by atoms with Gasteiger partial charge in [-0.25, -0.2) is 14.4 Å². The summed E-state index contributed by atoms with van der Waals surface area (Å²) in [7, 11) is 0. The van der Waals surface area contributed by atoms with Gasteiger partial charge in [-0.1, -0.05) is 18.2 Å². The molecule has 0 radical (unpaired) electrons. The Labute approximate surface area is 135 Å². The van der Waals surface area contributed by atoms with Crippen LogP contribution >= 0.6 is 0 Å². The van der Waals surface area contributed by atoms with Crippen LogP contribution < -0.4 is 5.32 Å². The number of carboxylic acids is 1. The number of H-pyrrole nitrogens is 1. The number of benzene rings is 1. The second-order valence-corrected chi connectivity index (χ2v) is 5.11. The molecule has 0 bridgehead atoms. The SMILES string of the molecule is O=C(O)C[C@@H](NC(=O)c1ncnc2[nH]ccc12)c1ccccc1F. The number of hydrogen-bond acceptors (Lipinski definition) is 4. The molecule has 1 aromatic carbocycles. The summed E-state index contributed by atoms with van der Waals surface area (Å²) in [4.78, 5) is 34.4. The Hall–Kier alpha value is -3.29. The number of hydrogen-bond donors (Lipinski definition) is 3. The average Bonchev–Trinajstić information content (AvgIpc) is 3.02. The van der Waals surface area contributed by atoms with Crippen LogP contribution in [0.15, 0.2) is 42.9 Å². The minimum atomic E-state index is -1.15. The van der Waals surface area contributed by atoms with Crippen molar-refractivity contribution < 1.29 is 19.1 Å². The zero-order valence-corrected chi connectivity index (χ0v) is 12.4. The molecule has 0 aliphatic carbocycles. The monoisotopic (exact) mass is 328 g/mol. The lowest BCUT2D eigenvalue weighted by Gasteiger charge is -2.18. The standard InChI is InChI=1S/C16H13FN4O3/c17-11-4-2-1-3-9(11)12(7-13(22)23)21-16(24)14-10-5-6-18-15(10)20-8-19-14/h1-6,8,12H,7H2,(H,21,24)(H,22,23)(H,18,19,20)/t12-/m1/s1. The van der Waals surface area contributed by atoms with Crippen molar-refractivity contribution >= 4 is 22.9 Å². The Morgan fingerprint density at radius 3 is 2.79 bits per heavy atom. The number of amides is 1. The summed E-state index contributed by atoms with van der Waals surface area (Å²) in [6.07, 6.45) is 2.39. The second-order valence-electron chi connectivity index (χ2n) is 5.11. The fourth-order valence-electron chi connectivity index (χ4n) is 2.45. The van der Waals surface area contributed by atoms with Gasteiger partial charge < -0.3 is 15.4 Å². The van der Waals surface area contributed by atoms with E-state index in [1.807, 2.05) is 0 Å². The van der Waals surface area contributed by atoms with Gasteiger partial charge >= 0.3 is 5.97 Å². The lowest BCUT2D eigenvalue weighted by atomic mass is 10.0. The van der Waals surface area contributed by atoms with Crippen molar-refractivity contribution in [1.29, 1.82) is 0 Å². The fourth-order valence-corrected chi connectivity index (χ4v) is 2.45. The summed E-state index contributed by atoms with van der Waals surface area (Å²) in [6.45, 7) is 0. The number of rotatable bonds is 5. The Balaban J connectivity index is 1.93. The van der Waals surface area contributed by atoms with Crippen LogP contribution in [0.1, 0.15) is 28.5 Å². The maximum atomic E-state index is 14.0. The van der Waals surface area contributed by atoms with Gasteiger partial charge in [0.1, 0.15) is 23.5 Å². The van der Waals surface area contributed by atoms with E-state index in [9.17, 15) is 14.0 Å². The van der Waals surface area contributed by atoms with Gasteiger partial charge in [0.15, 0.2) is 0 Å². The summed E-state index contributed by atoms with van der Waals surface area (Å²) in [5.74, 6) is -2.34. The minimum Gasteiger partial charge on any atom is -0.481 e. The predicted molar refractivity (Wildman–Crippen MR) is 82.7 cm³/mol. The Morgan fingerprint density at radius 1 is 1.25 bits per heavy atom. The van der Waals surface area contributed by atoms with Crippen LogP contribution in [0.4, 0.5) is 4.39 Å². The molecule has 0 unspecified atom stereocenters. The molecule has 122 valence electrons. The molecular weight excluding hydrogens is 315 g/mol. The van der Waals surface area contributed by atoms with Gasteiger partial charge in [-0.15, -0.1) is 0 Å². The third kappa shape index (κ3) is 3.07. The molecule has 3 rings (SSSR count). The highest BCUT2D eigenvalue weighted by molar-refractivity contribution is 6.03. The quantitative estimate of drug-likeness (QED) is 0.664. The van der Waals surface area contributed by atoms with Gasteiger partial charge in [0.2, 0.25) is 0 Å². The summed E-state index contributed by atoms with van der Waals surface area (Å²) in [6, 6.07) is 6.35. The number of nitrogens with zero attached hydrogens (tertiary/aromatic N) is 2. The maximum Gasteiger partial charge on any atom is 0.305 e. The Kier molecular flexibility index (Phi) is 4.19. The van der Waals surface area contributed by atoms with Gasteiger partial charge in [-0.2, -0.15) is 0 Å². The van der Waals surface area contributed by atoms with Crippen LogP contribution in [0.2, 0.25) is 0 Å². The summed E-state index contributed by atoms with van der Waals surface area (Å²) in [5, 5.41) is 12.1. The van der Waals surface area contributed by atoms with Crippen molar-refractivity contribution in [3.63, 3.8) is 0 Å². The number of nitrogens with one attached hydrogen (secondary N) is 2. The Morgan fingerprint density at radius 2 is 2.04 bits per heavy atom. The number of carboxylic acid groups (broad SMARTS) is 1. The van der Waals surface area contributed by atoms with E-state index in [0.29, 0.717) is 11.0 Å². The van der Waals surface area contributed by atoms with E-state index < -0.39 is 30.2 Å². The van der Waals surface area contributed by atoms with Crippen molar-refractivity contribution in [2.45, 2.75) is 12.5 Å². The molecule has 0 saturated carbocycles. The molecule has 3 N–H and O–H groups in total. The third-order valence-electron chi connectivity index (χ3n) is 3.53. The number of halogens is 1. The first kappa shape index (κ1) is 15.6. The molecule has 0 fully saturated rings. The molecule has 1 atom stereocenters. The van der Waals surface area contributed by atoms with E-state index >= 15 is 0 Å². The average molecular weight is 328 g/mol. The van der Waals surface area contributed by atoms with E-state index in [1.54, 1.807) is 18.3 Å². The third-order valence-corrected chi connectivity index (χ3v) is 3.53. The number of aromatic amines is 1. The van der Waals surface area contributed by atoms with Crippen LogP contribution in [0.5, 0.6) is 0 Å². The van der Waals surface area contributed by atoms with E-state index in [-0.39, 0.29) is 11.3 Å². The number of carbonyl (C=O) groups excluding carboxylic acids is 1. The van der Waals surface area contributed by atoms with Gasteiger partial charge in [0.05, 0.1) is 17.8 Å². The largest absolute Gasteiger partial charge is 0.481 e. The lowest BCUT2D eigenvalue weighted by Crippen LogP contribution is -2.31. The molecule has 24 heavy (non-hydrogen) atoms. The molecule has 0 aliphatic heterocycles. The van der Waals surface area contributed by atoms with Gasteiger partial charge in [-0.05, 0) is 12.1 Å². The van der Waals surface area contributed by atoms with Crippen LogP contribution in [0.3, 0.4) is 0 Å². The zero-order chi connectivity index (χ0) is 17.1. The summed E-state index contributed by atoms with van der Waals surface area (Å²) in [5.41, 5.74) is 0.677. The van der Waals surface area contributed by atoms with E-state index in [1.165, 1.54) is 24.5 Å². The second kappa shape index (κ2) is 6.45. The number of aliphatic carboxylic acids is 1. The van der Waals surface area contributed by atoms with E-state index in [0.717, 1.165) is 0 Å². The molecule has 2 heterocycles. The number of carbonyl (C=O) groups is 2. The summed E-state index contributed by atoms with van der Waals surface area (Å²) >= 11 is 0. The van der Waals surface area contributed by atoms with Crippen LogP contribution in [0, 0.1) is 5.82 Å². The smallest absolute Gasteiger partial charge is 0.305 e. The molecule has 7 nitrogen and oxygen atoms in total. The van der Waals surface area contributed by atoms with Gasteiger partial charge in [0, 0.05) is 11.8 Å². The first-order chi connectivity index (χ1) is 11.6. The van der Waals surface area contributed by atoms with Crippen LogP contribution in [0.25, 0.3) is 11.0 Å². The first-order valence-corrected chi connectivity index (χ1v) is 7.11. The van der Waals surface area contributed by atoms with Crippen molar-refractivity contribution in [2.24, 2.45) is 0 Å². The zero-order valence-electron chi connectivity index (χ0n) is 12.4. The highest BCUT2D eigenvalue weighted by atomic mass is 19.1. The highest BCUT2D eigenvalue weighted by Crippen LogP contribution is 2.21. The van der Waals surface area contributed by atoms with Crippen molar-refractivity contribution in [2.75, 3.05) is 0 Å². The molecule has 3 aromatic rings. The normalized spacial score (nSPS) is 12.0. The maximum absolute atomic E-state index is 14.0. The molecule has 1 amide bonds. The van der Waals surface area contributed by atoms with E-state index in [2.05, 4.69) is 20.3 Å². The van der Waals surface area contributed by atoms with Gasteiger partial charge in [0.25, 0.3) is 5.91 Å². The predicted octanol–water partition coefficient (Wildman–Crippen LogP) is 2.04. The van der Waals surface area contributed by atoms with Gasteiger partial charge in [-0.3, -0.25) is 9.59 Å². The van der Waals surface area contributed by atoms with Crippen LogP contribution in [-0.2, 0) is 4.79 Å². The summed E-state index contributed by atoms with van der Waals surface area (Å²) < 4.78 is 14.0. The lowest BCUT2D eigenvalue weighted by molar-refractivity contribution is -0.137. The molecule has 0 saturated heterocycles. The molecule has 8 heteroatoms. The van der Waals surface area contributed by atoms with Crippen molar-refractivity contribution in [3.05, 3.63) is 59.9 Å². The first-order valence-electron chi connectivity index (χ1n) is 7.11. The topological polar surface area (TPSA) is 108 Å². The number of fused-ring (bicyclic) bond motifs is 1. The van der Waals surface area contributed by atoms with Crippen molar-refractivity contribution in [3.8, 4) is 0 Å².